The molecule has 3 N–H and O–H groups in total. The topological polar surface area (TPSA) is 101 Å². The van der Waals surface area contributed by atoms with E-state index in [9.17, 15) is 8.42 Å². The van der Waals surface area contributed by atoms with Crippen LogP contribution in [0.3, 0.4) is 0 Å². The molecule has 1 atom stereocenters. The molecule has 0 spiro atoms. The monoisotopic (exact) mass is 459 g/mol. The highest BCUT2D eigenvalue weighted by atomic mass is 32.2. The van der Waals surface area contributed by atoms with Gasteiger partial charge in [0.1, 0.15) is 5.52 Å². The molecule has 168 valence electrons. The van der Waals surface area contributed by atoms with Crippen molar-refractivity contribution in [2.75, 3.05) is 18.0 Å². The smallest absolute Gasteiger partial charge is 0.240 e. The summed E-state index contributed by atoms with van der Waals surface area (Å²) in [6, 6.07) is 22.2. The van der Waals surface area contributed by atoms with Crippen LogP contribution in [0, 0.1) is 0 Å². The first-order chi connectivity index (χ1) is 16.0. The summed E-state index contributed by atoms with van der Waals surface area (Å²) in [5, 5.41) is 0. The Morgan fingerprint density at radius 2 is 1.88 bits per heavy atom. The van der Waals surface area contributed by atoms with Gasteiger partial charge in [-0.3, -0.25) is 4.98 Å². The Morgan fingerprint density at radius 3 is 2.67 bits per heavy atom. The van der Waals surface area contributed by atoms with Crippen LogP contribution in [0.5, 0.6) is 0 Å². The van der Waals surface area contributed by atoms with Crippen LogP contribution in [0.4, 0.5) is 5.69 Å². The third-order valence-electron chi connectivity index (χ3n) is 5.88. The summed E-state index contributed by atoms with van der Waals surface area (Å²) < 4.78 is 28.5. The van der Waals surface area contributed by atoms with Crippen molar-refractivity contribution in [2.45, 2.75) is 23.9 Å². The molecule has 0 unspecified atom stereocenters. The average molecular weight is 460 g/mol. The number of hydrogen-bond acceptors (Lipinski definition) is 6. The van der Waals surface area contributed by atoms with Crippen molar-refractivity contribution in [3.8, 4) is 11.3 Å². The summed E-state index contributed by atoms with van der Waals surface area (Å²) in [5.74, 6) is 0. The van der Waals surface area contributed by atoms with Crippen molar-refractivity contribution in [1.82, 2.24) is 14.7 Å². The second kappa shape index (κ2) is 8.90. The van der Waals surface area contributed by atoms with Crippen LogP contribution in [0.15, 0.2) is 83.9 Å². The molecule has 7 nitrogen and oxygen atoms in total. The minimum absolute atomic E-state index is 0.154. The largest absolute Gasteiger partial charge is 0.368 e. The van der Waals surface area contributed by atoms with Gasteiger partial charge in [0.05, 0.1) is 21.8 Å². The molecule has 1 aliphatic rings. The number of nitrogens with zero attached hydrogens (tertiary/aromatic N) is 3. The van der Waals surface area contributed by atoms with Gasteiger partial charge in [0.25, 0.3) is 0 Å². The Bertz CT molecular complexity index is 1390. The van der Waals surface area contributed by atoms with Gasteiger partial charge in [0.2, 0.25) is 10.0 Å². The van der Waals surface area contributed by atoms with Gasteiger partial charge in [-0.25, -0.2) is 18.1 Å². The van der Waals surface area contributed by atoms with Crippen molar-refractivity contribution in [2.24, 2.45) is 5.73 Å². The van der Waals surface area contributed by atoms with Gasteiger partial charge in [-0.2, -0.15) is 0 Å². The number of hydrogen-bond donors (Lipinski definition) is 2. The molecule has 1 fully saturated rings. The number of pyridine rings is 2. The zero-order chi connectivity index (χ0) is 22.8. The first-order valence-electron chi connectivity index (χ1n) is 10.9. The molecule has 5 rings (SSSR count). The molecule has 8 heteroatoms. The van der Waals surface area contributed by atoms with E-state index in [2.05, 4.69) is 14.6 Å². The van der Waals surface area contributed by atoms with Crippen molar-refractivity contribution < 1.29 is 8.42 Å². The van der Waals surface area contributed by atoms with E-state index in [0.717, 1.165) is 47.4 Å². The SMILES string of the molecule is N[C@@H]1CCN(c2ccnc3ccc(-c4cccc(S(=O)(=O)NCc5ccccc5)c4)nc23)C1. The van der Waals surface area contributed by atoms with E-state index in [0.29, 0.717) is 5.69 Å². The molecule has 3 heterocycles. The third kappa shape index (κ3) is 4.59. The Kier molecular flexibility index (Phi) is 5.80. The van der Waals surface area contributed by atoms with Gasteiger partial charge in [-0.05, 0) is 42.3 Å². The number of fused-ring (bicyclic) bond motifs is 1. The fourth-order valence-electron chi connectivity index (χ4n) is 4.11. The van der Waals surface area contributed by atoms with Crippen LogP contribution < -0.4 is 15.4 Å². The van der Waals surface area contributed by atoms with Crippen LogP contribution in [0.1, 0.15) is 12.0 Å². The summed E-state index contributed by atoms with van der Waals surface area (Å²) in [4.78, 5) is 11.8. The molecular weight excluding hydrogens is 434 g/mol. The van der Waals surface area contributed by atoms with Gasteiger partial charge < -0.3 is 10.6 Å². The maximum Gasteiger partial charge on any atom is 0.240 e. The number of aromatic nitrogens is 2. The average Bonchev–Trinajstić information content (AvgIpc) is 3.29. The van der Waals surface area contributed by atoms with Crippen LogP contribution in [-0.4, -0.2) is 37.5 Å². The predicted molar refractivity (Wildman–Crippen MR) is 130 cm³/mol. The number of rotatable bonds is 6. The van der Waals surface area contributed by atoms with Gasteiger partial charge >= 0.3 is 0 Å². The molecule has 33 heavy (non-hydrogen) atoms. The Hall–Kier alpha value is -3.33. The van der Waals surface area contributed by atoms with Crippen LogP contribution in [0.2, 0.25) is 0 Å². The van der Waals surface area contributed by atoms with E-state index in [-0.39, 0.29) is 17.5 Å². The van der Waals surface area contributed by atoms with E-state index in [1.54, 1.807) is 24.4 Å². The maximum absolute atomic E-state index is 12.9. The quantitative estimate of drug-likeness (QED) is 0.459. The van der Waals surface area contributed by atoms with Crippen LogP contribution >= 0.6 is 0 Å². The maximum atomic E-state index is 12.9. The molecule has 2 aromatic heterocycles. The lowest BCUT2D eigenvalue weighted by atomic mass is 10.1. The highest BCUT2D eigenvalue weighted by Gasteiger charge is 2.22. The summed E-state index contributed by atoms with van der Waals surface area (Å²) in [6.07, 6.45) is 2.73. The highest BCUT2D eigenvalue weighted by Crippen LogP contribution is 2.29. The minimum atomic E-state index is -3.67. The molecule has 0 bridgehead atoms. The molecule has 0 amide bonds. The Balaban J connectivity index is 1.46. The first-order valence-corrected chi connectivity index (χ1v) is 12.4. The molecule has 2 aromatic carbocycles. The lowest BCUT2D eigenvalue weighted by molar-refractivity contribution is 0.581. The third-order valence-corrected chi connectivity index (χ3v) is 7.28. The van der Waals surface area contributed by atoms with Gasteiger partial charge in [0.15, 0.2) is 0 Å². The fourth-order valence-corrected chi connectivity index (χ4v) is 5.18. The number of sulfonamides is 1. The Morgan fingerprint density at radius 1 is 1.03 bits per heavy atom. The fraction of sp³-hybridized carbons (Fsp3) is 0.200. The van der Waals surface area contributed by atoms with Gasteiger partial charge in [-0.1, -0.05) is 42.5 Å². The number of benzene rings is 2. The molecule has 0 saturated carbocycles. The summed E-state index contributed by atoms with van der Waals surface area (Å²) >= 11 is 0. The van der Waals surface area contributed by atoms with Crippen molar-refractivity contribution in [1.29, 1.82) is 0 Å². The van der Waals surface area contributed by atoms with Crippen LogP contribution in [0.25, 0.3) is 22.3 Å². The van der Waals surface area contributed by atoms with E-state index in [1.165, 1.54) is 0 Å². The van der Waals surface area contributed by atoms with Gasteiger partial charge in [-0.15, -0.1) is 0 Å². The highest BCUT2D eigenvalue weighted by molar-refractivity contribution is 7.89. The zero-order valence-corrected chi connectivity index (χ0v) is 18.9. The molecule has 1 saturated heterocycles. The van der Waals surface area contributed by atoms with E-state index in [1.807, 2.05) is 54.6 Å². The standard InChI is InChI=1S/C25H25N5O2S/c26-20-12-14-30(17-20)24-11-13-27-23-10-9-22(29-25(23)24)19-7-4-8-21(15-19)33(31,32)28-16-18-5-2-1-3-6-18/h1-11,13,15,20,28H,12,14,16-17,26H2/t20-/m1/s1. The van der Waals surface area contributed by atoms with Crippen molar-refractivity contribution >= 4 is 26.7 Å². The predicted octanol–water partition coefficient (Wildman–Crippen LogP) is 3.31. The zero-order valence-electron chi connectivity index (χ0n) is 18.1. The van der Waals surface area contributed by atoms with E-state index in [4.69, 9.17) is 10.7 Å². The molecule has 0 aliphatic carbocycles. The van der Waals surface area contributed by atoms with Crippen LogP contribution in [-0.2, 0) is 16.6 Å². The number of anilines is 1. The summed E-state index contributed by atoms with van der Waals surface area (Å²) in [5.41, 5.74) is 11.0. The van der Waals surface area contributed by atoms with Gasteiger partial charge in [0, 0.05) is 37.4 Å². The van der Waals surface area contributed by atoms with E-state index >= 15 is 0 Å². The van der Waals surface area contributed by atoms with Crippen molar-refractivity contribution in [3.05, 3.63) is 84.6 Å². The second-order valence-electron chi connectivity index (χ2n) is 8.23. The Labute approximate surface area is 193 Å². The molecule has 0 radical (unpaired) electrons. The second-order valence-corrected chi connectivity index (χ2v) is 9.99. The lowest BCUT2D eigenvalue weighted by Crippen LogP contribution is -2.26. The summed E-state index contributed by atoms with van der Waals surface area (Å²) in [7, 11) is -3.67. The van der Waals surface area contributed by atoms with E-state index < -0.39 is 10.0 Å². The van der Waals surface area contributed by atoms with Crippen molar-refractivity contribution in [3.63, 3.8) is 0 Å². The molecule has 1 aliphatic heterocycles. The summed E-state index contributed by atoms with van der Waals surface area (Å²) in [6.45, 7) is 1.90. The lowest BCUT2D eigenvalue weighted by Gasteiger charge is -2.19. The molecule has 4 aromatic rings. The normalized spacial score (nSPS) is 16.4. The first kappa shape index (κ1) is 21.5. The minimum Gasteiger partial charge on any atom is -0.368 e. The number of nitrogens with one attached hydrogen (secondary N) is 1. The number of nitrogens with two attached hydrogens (primary N) is 1. The molecular formula is C25H25N5O2S.